The molecule has 2 unspecified atom stereocenters. The summed E-state index contributed by atoms with van der Waals surface area (Å²) in [4.78, 5) is 11.2. The summed E-state index contributed by atoms with van der Waals surface area (Å²) in [6.45, 7) is 2.12. The number of nitro groups is 1. The molecule has 0 radical (unpaired) electrons. The predicted molar refractivity (Wildman–Crippen MR) is 58.8 cm³/mol. The fourth-order valence-electron chi connectivity index (χ4n) is 1.34. The molecule has 0 aliphatic carbocycles. The highest BCUT2D eigenvalue weighted by Gasteiger charge is 2.25. The van der Waals surface area contributed by atoms with Gasteiger partial charge < -0.3 is 0 Å². The van der Waals surface area contributed by atoms with Crippen LogP contribution >= 0.6 is 23.1 Å². The molecular weight excluding hydrogens is 220 g/mol. The molecule has 1 saturated heterocycles. The zero-order valence-electron chi connectivity index (χ0n) is 7.60. The van der Waals surface area contributed by atoms with Gasteiger partial charge in [0, 0.05) is 22.7 Å². The Morgan fingerprint density at radius 2 is 2.43 bits per heavy atom. The molecule has 2 heterocycles. The van der Waals surface area contributed by atoms with Crippen molar-refractivity contribution in [3.63, 3.8) is 0 Å². The Hall–Kier alpha value is -0.590. The summed E-state index contributed by atoms with van der Waals surface area (Å²) >= 11 is 3.06. The second-order valence-electron chi connectivity index (χ2n) is 3.21. The van der Waals surface area contributed by atoms with Crippen LogP contribution in [0.5, 0.6) is 0 Å². The van der Waals surface area contributed by atoms with Crippen LogP contribution < -0.4 is 5.32 Å². The lowest BCUT2D eigenvalue weighted by molar-refractivity contribution is -0.380. The summed E-state index contributed by atoms with van der Waals surface area (Å²) in [6.07, 6.45) is 0. The number of rotatable bonds is 2. The highest BCUT2D eigenvalue weighted by Crippen LogP contribution is 2.38. The van der Waals surface area contributed by atoms with Crippen LogP contribution in [0.15, 0.2) is 12.1 Å². The van der Waals surface area contributed by atoms with E-state index in [1.165, 1.54) is 11.3 Å². The van der Waals surface area contributed by atoms with Crippen LogP contribution in [0.2, 0.25) is 0 Å². The summed E-state index contributed by atoms with van der Waals surface area (Å²) in [5, 5.41) is 14.3. The minimum atomic E-state index is -0.336. The van der Waals surface area contributed by atoms with Gasteiger partial charge in [0.1, 0.15) is 0 Å². The molecule has 0 spiro atoms. The van der Waals surface area contributed by atoms with Gasteiger partial charge in [-0.3, -0.25) is 15.4 Å². The molecule has 1 aromatic rings. The second kappa shape index (κ2) is 3.88. The molecule has 2 rings (SSSR count). The molecule has 76 valence electrons. The molecular formula is C8H10N2O2S2. The third-order valence-corrected chi connectivity index (χ3v) is 4.67. The Morgan fingerprint density at radius 3 is 2.93 bits per heavy atom. The van der Waals surface area contributed by atoms with Crippen LogP contribution in [0.4, 0.5) is 5.00 Å². The lowest BCUT2D eigenvalue weighted by Gasteiger charge is -2.06. The monoisotopic (exact) mass is 230 g/mol. The van der Waals surface area contributed by atoms with Gasteiger partial charge in [-0.2, -0.15) is 0 Å². The normalized spacial score (nSPS) is 26.6. The molecule has 0 saturated carbocycles. The van der Waals surface area contributed by atoms with Gasteiger partial charge in [-0.05, 0) is 13.0 Å². The van der Waals surface area contributed by atoms with E-state index in [4.69, 9.17) is 0 Å². The molecule has 2 atom stereocenters. The summed E-state index contributed by atoms with van der Waals surface area (Å²) in [5.74, 6) is 1.07. The fraction of sp³-hybridized carbons (Fsp3) is 0.500. The maximum absolute atomic E-state index is 10.5. The van der Waals surface area contributed by atoms with E-state index in [9.17, 15) is 10.1 Å². The van der Waals surface area contributed by atoms with Crippen molar-refractivity contribution in [1.29, 1.82) is 0 Å². The Bertz CT molecular complexity index is 353. The van der Waals surface area contributed by atoms with Gasteiger partial charge >= 0.3 is 5.00 Å². The lowest BCUT2D eigenvalue weighted by atomic mass is 10.4. The molecule has 6 heteroatoms. The van der Waals surface area contributed by atoms with Gasteiger partial charge in [0.05, 0.1) is 10.3 Å². The van der Waals surface area contributed by atoms with Crippen molar-refractivity contribution in [3.8, 4) is 0 Å². The van der Waals surface area contributed by atoms with E-state index in [0.717, 1.165) is 10.6 Å². The van der Waals surface area contributed by atoms with E-state index in [-0.39, 0.29) is 15.3 Å². The zero-order chi connectivity index (χ0) is 10.1. The first-order valence-electron chi connectivity index (χ1n) is 4.28. The lowest BCUT2D eigenvalue weighted by Crippen LogP contribution is -2.21. The summed E-state index contributed by atoms with van der Waals surface area (Å²) in [6, 6.07) is 3.91. The van der Waals surface area contributed by atoms with Gasteiger partial charge in [0.2, 0.25) is 0 Å². The molecule has 0 bridgehead atoms. The average Bonchev–Trinajstić information content (AvgIpc) is 2.70. The third-order valence-electron chi connectivity index (χ3n) is 2.00. The molecule has 1 aliphatic rings. The van der Waals surface area contributed by atoms with Crippen LogP contribution in [-0.2, 0) is 0 Å². The SMILES string of the molecule is CC1CSC(c2ccc([N+](=O)[O-])s2)N1. The van der Waals surface area contributed by atoms with E-state index in [0.29, 0.717) is 6.04 Å². The molecule has 0 aromatic carbocycles. The Balaban J connectivity index is 2.13. The summed E-state index contributed by atoms with van der Waals surface area (Å²) < 4.78 is 0. The Kier molecular flexibility index (Phi) is 2.76. The fourth-order valence-corrected chi connectivity index (χ4v) is 3.60. The van der Waals surface area contributed by atoms with Crippen LogP contribution in [0, 0.1) is 10.1 Å². The van der Waals surface area contributed by atoms with Crippen molar-refractivity contribution in [2.24, 2.45) is 0 Å². The summed E-state index contributed by atoms with van der Waals surface area (Å²) in [5.41, 5.74) is 0. The molecule has 1 aliphatic heterocycles. The van der Waals surface area contributed by atoms with Crippen molar-refractivity contribution >= 4 is 28.1 Å². The van der Waals surface area contributed by atoms with Gasteiger partial charge in [0.15, 0.2) is 0 Å². The van der Waals surface area contributed by atoms with Crippen LogP contribution in [-0.4, -0.2) is 16.7 Å². The topological polar surface area (TPSA) is 55.2 Å². The number of nitrogens with one attached hydrogen (secondary N) is 1. The first-order valence-corrected chi connectivity index (χ1v) is 6.15. The van der Waals surface area contributed by atoms with Crippen molar-refractivity contribution in [2.75, 3.05) is 5.75 Å². The quantitative estimate of drug-likeness (QED) is 0.626. The minimum Gasteiger partial charge on any atom is -0.298 e. The van der Waals surface area contributed by atoms with Crippen molar-refractivity contribution in [2.45, 2.75) is 18.3 Å². The van der Waals surface area contributed by atoms with E-state index in [2.05, 4.69) is 12.2 Å². The maximum atomic E-state index is 10.5. The van der Waals surface area contributed by atoms with Gasteiger partial charge in [-0.1, -0.05) is 11.3 Å². The number of hydrogen-bond acceptors (Lipinski definition) is 5. The molecule has 1 N–H and O–H groups in total. The first-order chi connectivity index (χ1) is 6.66. The average molecular weight is 230 g/mol. The predicted octanol–water partition coefficient (Wildman–Crippen LogP) is 2.38. The molecule has 1 fully saturated rings. The molecule has 1 aromatic heterocycles. The number of hydrogen-bond donors (Lipinski definition) is 1. The highest BCUT2D eigenvalue weighted by atomic mass is 32.2. The smallest absolute Gasteiger partial charge is 0.298 e. The highest BCUT2D eigenvalue weighted by molar-refractivity contribution is 7.99. The van der Waals surface area contributed by atoms with Gasteiger partial charge in [-0.25, -0.2) is 0 Å². The van der Waals surface area contributed by atoms with Crippen molar-refractivity contribution in [1.82, 2.24) is 5.32 Å². The molecule has 0 amide bonds. The number of thiophene rings is 1. The van der Waals surface area contributed by atoms with Crippen LogP contribution in [0.25, 0.3) is 0 Å². The van der Waals surface area contributed by atoms with Gasteiger partial charge in [-0.15, -0.1) is 11.8 Å². The number of nitrogens with zero attached hydrogens (tertiary/aromatic N) is 1. The van der Waals surface area contributed by atoms with E-state index < -0.39 is 0 Å². The van der Waals surface area contributed by atoms with Gasteiger partial charge in [0.25, 0.3) is 0 Å². The van der Waals surface area contributed by atoms with Crippen molar-refractivity contribution < 1.29 is 4.92 Å². The van der Waals surface area contributed by atoms with Crippen LogP contribution in [0.3, 0.4) is 0 Å². The Labute approximate surface area is 89.9 Å². The standard InChI is InChI=1S/C8H10N2O2S2/c1-5-4-13-8(9-5)6-2-3-7(14-6)10(11)12/h2-3,5,8-9H,4H2,1H3. The van der Waals surface area contributed by atoms with E-state index in [1.807, 2.05) is 6.07 Å². The maximum Gasteiger partial charge on any atom is 0.324 e. The Morgan fingerprint density at radius 1 is 1.64 bits per heavy atom. The van der Waals surface area contributed by atoms with E-state index >= 15 is 0 Å². The largest absolute Gasteiger partial charge is 0.324 e. The summed E-state index contributed by atoms with van der Waals surface area (Å²) in [7, 11) is 0. The van der Waals surface area contributed by atoms with Crippen molar-refractivity contribution in [3.05, 3.63) is 27.1 Å². The first kappa shape index (κ1) is 9.95. The van der Waals surface area contributed by atoms with E-state index in [1.54, 1.807) is 17.8 Å². The molecule has 14 heavy (non-hydrogen) atoms. The third kappa shape index (κ3) is 1.92. The molecule has 4 nitrogen and oxygen atoms in total. The second-order valence-corrected chi connectivity index (χ2v) is 5.45. The van der Waals surface area contributed by atoms with Crippen LogP contribution in [0.1, 0.15) is 17.2 Å². The zero-order valence-corrected chi connectivity index (χ0v) is 9.23. The minimum absolute atomic E-state index is 0.224. The number of thioether (sulfide) groups is 1.